The molecule has 0 unspecified atom stereocenters. The average Bonchev–Trinajstić information content (AvgIpc) is 2.62. The van der Waals surface area contributed by atoms with Crippen LogP contribution in [0.4, 0.5) is 5.69 Å². The van der Waals surface area contributed by atoms with Gasteiger partial charge in [-0.1, -0.05) is 24.3 Å². The lowest BCUT2D eigenvalue weighted by atomic mass is 10.1. The molecule has 118 valence electrons. The van der Waals surface area contributed by atoms with Gasteiger partial charge in [0.2, 0.25) is 0 Å². The van der Waals surface area contributed by atoms with E-state index in [1.54, 1.807) is 12.3 Å². The van der Waals surface area contributed by atoms with Gasteiger partial charge in [0.15, 0.2) is 0 Å². The first-order chi connectivity index (χ1) is 11.3. The maximum absolute atomic E-state index is 8.74. The molecule has 0 amide bonds. The summed E-state index contributed by atoms with van der Waals surface area (Å²) in [6, 6.07) is 14.3. The summed E-state index contributed by atoms with van der Waals surface area (Å²) in [5, 5.41) is 12.1. The number of aromatic nitrogens is 1. The van der Waals surface area contributed by atoms with Gasteiger partial charge >= 0.3 is 0 Å². The third kappa shape index (κ3) is 4.52. The van der Waals surface area contributed by atoms with E-state index in [0.29, 0.717) is 5.69 Å². The van der Waals surface area contributed by atoms with Crippen molar-refractivity contribution in [3.05, 3.63) is 59.4 Å². The van der Waals surface area contributed by atoms with Crippen molar-refractivity contribution in [2.75, 3.05) is 31.6 Å². The van der Waals surface area contributed by atoms with Crippen molar-refractivity contribution < 1.29 is 4.74 Å². The molecule has 5 heteroatoms. The number of nitriles is 1. The Morgan fingerprint density at radius 3 is 2.48 bits per heavy atom. The molecule has 0 bridgehead atoms. The Kier molecular flexibility index (Phi) is 5.20. The van der Waals surface area contributed by atoms with Gasteiger partial charge in [-0.05, 0) is 23.3 Å². The van der Waals surface area contributed by atoms with Crippen LogP contribution in [0.1, 0.15) is 16.8 Å². The maximum atomic E-state index is 8.74. The van der Waals surface area contributed by atoms with Gasteiger partial charge in [0.1, 0.15) is 11.8 Å². The highest BCUT2D eigenvalue weighted by Gasteiger charge is 2.10. The number of ether oxygens (including phenoxy) is 1. The SMILES string of the molecule is N#Cc1ccc(NCc2ccc(CN3CCOCC3)cc2)cn1. The summed E-state index contributed by atoms with van der Waals surface area (Å²) in [6.07, 6.45) is 1.69. The Labute approximate surface area is 136 Å². The standard InChI is InChI=1S/C18H20N4O/c19-11-17-5-6-18(13-21-17)20-12-15-1-3-16(4-2-15)14-22-7-9-23-10-8-22/h1-6,13,20H,7-10,12,14H2. The summed E-state index contributed by atoms with van der Waals surface area (Å²) in [7, 11) is 0. The van der Waals surface area contributed by atoms with Crippen LogP contribution in [-0.4, -0.2) is 36.2 Å². The highest BCUT2D eigenvalue weighted by atomic mass is 16.5. The summed E-state index contributed by atoms with van der Waals surface area (Å²) in [5.74, 6) is 0. The quantitative estimate of drug-likeness (QED) is 0.919. The van der Waals surface area contributed by atoms with E-state index in [1.807, 2.05) is 12.1 Å². The normalized spacial score (nSPS) is 15.1. The molecule has 1 aliphatic rings. The molecule has 2 aromatic rings. The lowest BCUT2D eigenvalue weighted by Crippen LogP contribution is -2.35. The van der Waals surface area contributed by atoms with Crippen LogP contribution in [0.15, 0.2) is 42.6 Å². The van der Waals surface area contributed by atoms with E-state index in [2.05, 4.69) is 39.5 Å². The maximum Gasteiger partial charge on any atom is 0.140 e. The van der Waals surface area contributed by atoms with Crippen molar-refractivity contribution in [3.8, 4) is 6.07 Å². The van der Waals surface area contributed by atoms with Crippen LogP contribution in [-0.2, 0) is 17.8 Å². The largest absolute Gasteiger partial charge is 0.380 e. The number of nitrogens with one attached hydrogen (secondary N) is 1. The van der Waals surface area contributed by atoms with Gasteiger partial charge in [-0.2, -0.15) is 5.26 Å². The number of pyridine rings is 1. The third-order valence-electron chi connectivity index (χ3n) is 3.91. The van der Waals surface area contributed by atoms with Gasteiger partial charge in [-0.15, -0.1) is 0 Å². The minimum absolute atomic E-state index is 0.433. The topological polar surface area (TPSA) is 61.2 Å². The van der Waals surface area contributed by atoms with Gasteiger partial charge in [0, 0.05) is 26.2 Å². The van der Waals surface area contributed by atoms with E-state index in [9.17, 15) is 0 Å². The van der Waals surface area contributed by atoms with Crippen LogP contribution in [0, 0.1) is 11.3 Å². The van der Waals surface area contributed by atoms with Crippen molar-refractivity contribution in [1.29, 1.82) is 5.26 Å². The molecule has 0 atom stereocenters. The Bertz CT molecular complexity index is 655. The molecular formula is C18H20N4O. The molecule has 0 saturated carbocycles. The zero-order valence-corrected chi connectivity index (χ0v) is 13.0. The van der Waals surface area contributed by atoms with E-state index >= 15 is 0 Å². The molecule has 3 rings (SSSR count). The molecule has 1 aliphatic heterocycles. The molecule has 23 heavy (non-hydrogen) atoms. The summed E-state index contributed by atoms with van der Waals surface area (Å²) < 4.78 is 5.37. The van der Waals surface area contributed by atoms with Crippen LogP contribution in [0.3, 0.4) is 0 Å². The van der Waals surface area contributed by atoms with Crippen LogP contribution in [0.25, 0.3) is 0 Å². The fourth-order valence-corrected chi connectivity index (χ4v) is 2.55. The van der Waals surface area contributed by atoms with Gasteiger partial charge < -0.3 is 10.1 Å². The fourth-order valence-electron chi connectivity index (χ4n) is 2.55. The second-order valence-corrected chi connectivity index (χ2v) is 5.60. The second kappa shape index (κ2) is 7.73. The molecule has 1 aromatic carbocycles. The van der Waals surface area contributed by atoms with Crippen molar-refractivity contribution in [3.63, 3.8) is 0 Å². The van der Waals surface area contributed by atoms with Gasteiger partial charge in [0.05, 0.1) is 25.1 Å². The van der Waals surface area contributed by atoms with E-state index in [1.165, 1.54) is 11.1 Å². The summed E-state index contributed by atoms with van der Waals surface area (Å²) >= 11 is 0. The first-order valence-electron chi connectivity index (χ1n) is 7.81. The highest BCUT2D eigenvalue weighted by molar-refractivity contribution is 5.43. The number of hydrogen-bond acceptors (Lipinski definition) is 5. The van der Waals surface area contributed by atoms with Gasteiger partial charge in [-0.25, -0.2) is 4.98 Å². The number of nitrogens with zero attached hydrogens (tertiary/aromatic N) is 3. The van der Waals surface area contributed by atoms with E-state index in [-0.39, 0.29) is 0 Å². The molecule has 2 heterocycles. The second-order valence-electron chi connectivity index (χ2n) is 5.60. The van der Waals surface area contributed by atoms with Crippen molar-refractivity contribution >= 4 is 5.69 Å². The Hall–Kier alpha value is -2.42. The number of benzene rings is 1. The third-order valence-corrected chi connectivity index (χ3v) is 3.91. The monoisotopic (exact) mass is 308 g/mol. The van der Waals surface area contributed by atoms with Crippen molar-refractivity contribution in [2.24, 2.45) is 0 Å². The van der Waals surface area contributed by atoms with Crippen molar-refractivity contribution in [1.82, 2.24) is 9.88 Å². The number of morpholine rings is 1. The molecule has 1 N–H and O–H groups in total. The van der Waals surface area contributed by atoms with Crippen LogP contribution < -0.4 is 5.32 Å². The van der Waals surface area contributed by atoms with E-state index in [4.69, 9.17) is 10.00 Å². The van der Waals surface area contributed by atoms with Crippen LogP contribution >= 0.6 is 0 Å². The Balaban J connectivity index is 1.51. The summed E-state index contributed by atoms with van der Waals surface area (Å²) in [6.45, 7) is 5.41. The van der Waals surface area contributed by atoms with Crippen LogP contribution in [0.2, 0.25) is 0 Å². The number of rotatable bonds is 5. The van der Waals surface area contributed by atoms with Gasteiger partial charge in [-0.3, -0.25) is 4.90 Å². The molecule has 1 saturated heterocycles. The first-order valence-corrected chi connectivity index (χ1v) is 7.81. The minimum atomic E-state index is 0.433. The summed E-state index contributed by atoms with van der Waals surface area (Å²) in [4.78, 5) is 6.47. The highest BCUT2D eigenvalue weighted by Crippen LogP contribution is 2.12. The van der Waals surface area contributed by atoms with E-state index in [0.717, 1.165) is 45.1 Å². The molecular weight excluding hydrogens is 288 g/mol. The predicted octanol–water partition coefficient (Wildman–Crippen LogP) is 2.40. The number of hydrogen-bond donors (Lipinski definition) is 1. The van der Waals surface area contributed by atoms with E-state index < -0.39 is 0 Å². The molecule has 0 radical (unpaired) electrons. The van der Waals surface area contributed by atoms with Gasteiger partial charge in [0.25, 0.3) is 0 Å². The summed E-state index contributed by atoms with van der Waals surface area (Å²) in [5.41, 5.74) is 3.90. The molecule has 0 spiro atoms. The Morgan fingerprint density at radius 1 is 1.09 bits per heavy atom. The molecule has 1 fully saturated rings. The fraction of sp³-hybridized carbons (Fsp3) is 0.333. The van der Waals surface area contributed by atoms with Crippen LogP contribution in [0.5, 0.6) is 0 Å². The molecule has 1 aromatic heterocycles. The average molecular weight is 308 g/mol. The zero-order valence-electron chi connectivity index (χ0n) is 13.0. The Morgan fingerprint density at radius 2 is 1.83 bits per heavy atom. The lowest BCUT2D eigenvalue weighted by molar-refractivity contribution is 0.0342. The first kappa shape index (κ1) is 15.5. The smallest absolute Gasteiger partial charge is 0.140 e. The zero-order chi connectivity index (χ0) is 15.9. The van der Waals surface area contributed by atoms with Crippen molar-refractivity contribution in [2.45, 2.75) is 13.1 Å². The predicted molar refractivity (Wildman–Crippen MR) is 88.8 cm³/mol. The molecule has 5 nitrogen and oxygen atoms in total. The minimum Gasteiger partial charge on any atom is -0.380 e. The number of anilines is 1. The molecule has 0 aliphatic carbocycles. The lowest BCUT2D eigenvalue weighted by Gasteiger charge is -2.26.